The number of ether oxygens (including phenoxy) is 8. The van der Waals surface area contributed by atoms with Gasteiger partial charge in [-0.05, 0) is 40.0 Å². The van der Waals surface area contributed by atoms with E-state index in [0.29, 0.717) is 6.42 Å². The summed E-state index contributed by atoms with van der Waals surface area (Å²) in [4.78, 5) is 85.2. The number of esters is 5. The fourth-order valence-corrected chi connectivity index (χ4v) is 4.92. The second-order valence-corrected chi connectivity index (χ2v) is 13.1. The Hall–Kier alpha value is -5.12. The van der Waals surface area contributed by atoms with Gasteiger partial charge in [-0.2, -0.15) is 8.78 Å². The minimum atomic E-state index is -2.49. The fourth-order valence-electron chi connectivity index (χ4n) is 4.92. The predicted molar refractivity (Wildman–Crippen MR) is 174 cm³/mol. The molecule has 6 atom stereocenters. The summed E-state index contributed by atoms with van der Waals surface area (Å²) in [5, 5.41) is 4.51. The molecule has 0 saturated carbocycles. The minimum absolute atomic E-state index is 0.0862. The Morgan fingerprint density at radius 1 is 0.714 bits per heavy atom. The number of nitrogens with one attached hydrogen (secondary N) is 2. The maximum atomic E-state index is 14.1. The van der Waals surface area contributed by atoms with Crippen molar-refractivity contribution in [2.24, 2.45) is 0 Å². The highest BCUT2D eigenvalue weighted by Crippen LogP contribution is 2.31. The van der Waals surface area contributed by atoms with Gasteiger partial charge in [0.2, 0.25) is 40.7 Å². The molecule has 0 spiro atoms. The lowest BCUT2D eigenvalue weighted by atomic mass is 9.98. The maximum Gasteiger partial charge on any atom is 0.408 e. The van der Waals surface area contributed by atoms with E-state index in [1.807, 2.05) is 0 Å². The molecule has 2 amide bonds. The average molecular weight is 815 g/mol. The van der Waals surface area contributed by atoms with Crippen LogP contribution in [0.5, 0.6) is 5.75 Å². The zero-order valence-corrected chi connectivity index (χ0v) is 31.4. The predicted octanol–water partition coefficient (Wildman–Crippen LogP) is 2.96. The smallest absolute Gasteiger partial charge is 0.408 e. The van der Waals surface area contributed by atoms with Gasteiger partial charge in [-0.15, -0.1) is 0 Å². The van der Waals surface area contributed by atoms with Crippen LogP contribution in [-0.2, 0) is 61.9 Å². The molecule has 0 radical (unpaired) electrons. The number of hydrogen-bond donors (Lipinski definition) is 2. The summed E-state index contributed by atoms with van der Waals surface area (Å²) in [5.41, 5.74) is -1.07. The van der Waals surface area contributed by atoms with Gasteiger partial charge in [0.25, 0.3) is 0 Å². The molecule has 1 fully saturated rings. The Kier molecular flexibility index (Phi) is 17.9. The highest BCUT2D eigenvalue weighted by molar-refractivity contribution is 5.90. The van der Waals surface area contributed by atoms with E-state index < -0.39 is 132 Å². The van der Waals surface area contributed by atoms with Crippen molar-refractivity contribution in [3.8, 4) is 5.75 Å². The number of unbranched alkanes of at least 4 members (excludes halogenated alkanes) is 2. The second kappa shape index (κ2) is 21.3. The van der Waals surface area contributed by atoms with Gasteiger partial charge in [0.1, 0.15) is 24.4 Å². The molecule has 2 rings (SSSR count). The summed E-state index contributed by atoms with van der Waals surface area (Å²) in [6.07, 6.45) is -8.40. The number of alkyl carbamates (subject to hydrolysis) is 1. The molecular weight excluding hydrogens is 771 g/mol. The fraction of sp³-hybridized carbons (Fsp3) is 0.618. The summed E-state index contributed by atoms with van der Waals surface area (Å²) < 4.78 is 111. The molecule has 0 bridgehead atoms. The van der Waals surface area contributed by atoms with Crippen LogP contribution >= 0.6 is 0 Å². The molecule has 0 aromatic heterocycles. The Morgan fingerprint density at radius 2 is 1.25 bits per heavy atom. The highest BCUT2D eigenvalue weighted by atomic mass is 19.2. The molecular formula is C34H43F5N2O15. The molecule has 1 aliphatic heterocycles. The third-order valence-corrected chi connectivity index (χ3v) is 7.11. The van der Waals surface area contributed by atoms with Crippen LogP contribution in [0.4, 0.5) is 26.7 Å². The van der Waals surface area contributed by atoms with Crippen molar-refractivity contribution in [1.82, 2.24) is 10.6 Å². The molecule has 17 nitrogen and oxygen atoms in total. The Labute approximate surface area is 317 Å². The van der Waals surface area contributed by atoms with E-state index in [2.05, 4.69) is 15.4 Å². The molecule has 1 saturated heterocycles. The van der Waals surface area contributed by atoms with E-state index in [-0.39, 0.29) is 26.0 Å². The Balaban J connectivity index is 2.07. The van der Waals surface area contributed by atoms with Crippen LogP contribution in [0.3, 0.4) is 0 Å². The number of rotatable bonds is 17. The molecule has 0 unspecified atom stereocenters. The summed E-state index contributed by atoms with van der Waals surface area (Å²) in [6, 6.07) is -1.80. The molecule has 0 aliphatic carbocycles. The molecule has 1 aliphatic rings. The molecule has 1 heterocycles. The first kappa shape index (κ1) is 47.0. The van der Waals surface area contributed by atoms with Gasteiger partial charge < -0.3 is 48.5 Å². The maximum absolute atomic E-state index is 14.1. The van der Waals surface area contributed by atoms with Crippen LogP contribution in [0, 0.1) is 29.1 Å². The summed E-state index contributed by atoms with van der Waals surface area (Å²) >= 11 is 0. The first-order chi connectivity index (χ1) is 26.0. The zero-order valence-electron chi connectivity index (χ0n) is 31.4. The van der Waals surface area contributed by atoms with E-state index in [1.54, 1.807) is 0 Å². The number of hydrogen-bond acceptors (Lipinski definition) is 15. The van der Waals surface area contributed by atoms with Crippen LogP contribution in [0.2, 0.25) is 0 Å². The Bertz CT molecular complexity index is 1590. The number of halogens is 5. The number of amides is 2. The molecule has 22 heteroatoms. The molecule has 1 aromatic rings. The van der Waals surface area contributed by atoms with Gasteiger partial charge >= 0.3 is 35.9 Å². The van der Waals surface area contributed by atoms with E-state index in [4.69, 9.17) is 33.2 Å². The average Bonchev–Trinajstić information content (AvgIpc) is 3.07. The monoisotopic (exact) mass is 814 g/mol. The van der Waals surface area contributed by atoms with Gasteiger partial charge in [-0.1, -0.05) is 0 Å². The van der Waals surface area contributed by atoms with E-state index >= 15 is 0 Å². The van der Waals surface area contributed by atoms with Crippen molar-refractivity contribution in [2.45, 2.75) is 116 Å². The number of carbonyl (C=O) groups excluding carboxylic acids is 7. The standard InChI is InChI=1S/C34H43F5N2O15/c1-15(42)50-14-20-27(51-16(2)43)29(52-17(3)44)30(53-18(4)45)32(54-20)49-12-10-8-9-11-40-31(47)19(41-33(48)56-34(5,6)7)13-21(46)55-28-25(38)23(36)22(35)24(37)26(28)39/h19-20,27,29-30,32H,8-14H2,1-7H3,(H,40,47)(H,41,48)/t19-,20+,27-,29-,30+,32+/m0/s1. The van der Waals surface area contributed by atoms with Crippen molar-refractivity contribution in [2.75, 3.05) is 19.8 Å². The van der Waals surface area contributed by atoms with Crippen molar-refractivity contribution in [1.29, 1.82) is 0 Å². The van der Waals surface area contributed by atoms with Gasteiger partial charge in [0.15, 0.2) is 24.6 Å². The summed E-state index contributed by atoms with van der Waals surface area (Å²) in [6.45, 7) is 8.12. The third kappa shape index (κ3) is 14.8. The zero-order chi connectivity index (χ0) is 42.5. The van der Waals surface area contributed by atoms with Crippen LogP contribution in [-0.4, -0.2) is 104 Å². The molecule has 56 heavy (non-hydrogen) atoms. The first-order valence-corrected chi connectivity index (χ1v) is 16.9. The van der Waals surface area contributed by atoms with Crippen molar-refractivity contribution in [3.05, 3.63) is 29.1 Å². The molecule has 2 N–H and O–H groups in total. The lowest BCUT2D eigenvalue weighted by molar-refractivity contribution is -0.308. The van der Waals surface area contributed by atoms with Crippen LogP contribution in [0.1, 0.15) is 74.1 Å². The number of benzene rings is 1. The molecule has 314 valence electrons. The summed E-state index contributed by atoms with van der Waals surface area (Å²) in [7, 11) is 0. The quantitative estimate of drug-likeness (QED) is 0.0440. The topological polar surface area (TPSA) is 217 Å². The van der Waals surface area contributed by atoms with Crippen LogP contribution < -0.4 is 15.4 Å². The van der Waals surface area contributed by atoms with E-state index in [1.165, 1.54) is 20.8 Å². The van der Waals surface area contributed by atoms with Gasteiger partial charge in [0, 0.05) is 40.8 Å². The SMILES string of the molecule is CC(=O)OC[C@H]1O[C@@H](OCCCCCNC(=O)[C@H](CC(=O)Oc2c(F)c(F)c(F)c(F)c2F)NC(=O)OC(C)(C)C)[C@H](OC(C)=O)[C@@H](OC(C)=O)[C@H]1OC(C)=O. The van der Waals surface area contributed by atoms with Crippen molar-refractivity contribution < 1.29 is 93.4 Å². The van der Waals surface area contributed by atoms with Crippen LogP contribution in [0.25, 0.3) is 0 Å². The first-order valence-electron chi connectivity index (χ1n) is 16.9. The third-order valence-electron chi connectivity index (χ3n) is 7.11. The van der Waals surface area contributed by atoms with Gasteiger partial charge in [-0.3, -0.25) is 28.8 Å². The lowest BCUT2D eigenvalue weighted by Gasteiger charge is -2.44. The highest BCUT2D eigenvalue weighted by Gasteiger charge is 2.52. The lowest BCUT2D eigenvalue weighted by Crippen LogP contribution is -2.63. The summed E-state index contributed by atoms with van der Waals surface area (Å²) in [5.74, 6) is -19.9. The molecule has 1 aromatic carbocycles. The van der Waals surface area contributed by atoms with Gasteiger partial charge in [0.05, 0.1) is 6.42 Å². The van der Waals surface area contributed by atoms with Gasteiger partial charge in [-0.25, -0.2) is 18.0 Å². The van der Waals surface area contributed by atoms with E-state index in [0.717, 1.165) is 27.7 Å². The van der Waals surface area contributed by atoms with E-state index in [9.17, 15) is 55.5 Å². The second-order valence-electron chi connectivity index (χ2n) is 13.1. The van der Waals surface area contributed by atoms with Crippen molar-refractivity contribution >= 4 is 41.8 Å². The Morgan fingerprint density at radius 3 is 1.79 bits per heavy atom. The van der Waals surface area contributed by atoms with Crippen LogP contribution in [0.15, 0.2) is 0 Å². The normalized spacial score (nSPS) is 19.8. The minimum Gasteiger partial charge on any atom is -0.463 e. The number of carbonyl (C=O) groups is 7. The largest absolute Gasteiger partial charge is 0.463 e. The van der Waals surface area contributed by atoms with Crippen molar-refractivity contribution in [3.63, 3.8) is 0 Å².